The Balaban J connectivity index is 3.18. The first kappa shape index (κ1) is 9.07. The third-order valence-corrected chi connectivity index (χ3v) is 1.94. The van der Waals surface area contributed by atoms with Crippen molar-refractivity contribution < 1.29 is 4.74 Å². The van der Waals surface area contributed by atoms with Crippen molar-refractivity contribution in [3.8, 4) is 5.75 Å². The zero-order valence-corrected chi connectivity index (χ0v) is 7.79. The van der Waals surface area contributed by atoms with Crippen LogP contribution >= 0.6 is 0 Å². The van der Waals surface area contributed by atoms with Gasteiger partial charge in [-0.15, -0.1) is 0 Å². The fourth-order valence-electron chi connectivity index (χ4n) is 1.31. The minimum atomic E-state index is 0.0276. The van der Waals surface area contributed by atoms with E-state index in [9.17, 15) is 0 Å². The molecule has 0 aliphatic heterocycles. The van der Waals surface area contributed by atoms with Crippen molar-refractivity contribution in [2.75, 3.05) is 7.11 Å². The lowest BCUT2D eigenvalue weighted by Crippen LogP contribution is -2.07. The van der Waals surface area contributed by atoms with Crippen molar-refractivity contribution in [3.05, 3.63) is 29.3 Å². The van der Waals surface area contributed by atoms with Gasteiger partial charge in [-0.05, 0) is 19.4 Å². The third-order valence-electron chi connectivity index (χ3n) is 1.94. The molecule has 0 saturated heterocycles. The monoisotopic (exact) mass is 165 g/mol. The zero-order chi connectivity index (χ0) is 9.14. The highest BCUT2D eigenvalue weighted by molar-refractivity contribution is 5.42. The summed E-state index contributed by atoms with van der Waals surface area (Å²) in [5.41, 5.74) is 7.98. The maximum Gasteiger partial charge on any atom is 0.126 e. The van der Waals surface area contributed by atoms with Crippen LogP contribution in [0.3, 0.4) is 0 Å². The number of hydrogen-bond acceptors (Lipinski definition) is 2. The van der Waals surface area contributed by atoms with Crippen LogP contribution < -0.4 is 10.5 Å². The molecule has 0 aliphatic rings. The van der Waals surface area contributed by atoms with Crippen LogP contribution in [0, 0.1) is 6.92 Å². The Labute approximate surface area is 73.3 Å². The van der Waals surface area contributed by atoms with Gasteiger partial charge in [-0.2, -0.15) is 0 Å². The maximum atomic E-state index is 5.78. The number of nitrogens with two attached hydrogens (primary N) is 1. The Morgan fingerprint density at radius 3 is 2.50 bits per heavy atom. The minimum absolute atomic E-state index is 0.0276. The molecule has 0 amide bonds. The van der Waals surface area contributed by atoms with Crippen LogP contribution in [0.4, 0.5) is 0 Å². The highest BCUT2D eigenvalue weighted by atomic mass is 16.5. The average molecular weight is 165 g/mol. The molecule has 12 heavy (non-hydrogen) atoms. The second-order valence-electron chi connectivity index (χ2n) is 2.99. The number of hydrogen-bond donors (Lipinski definition) is 1. The average Bonchev–Trinajstić information content (AvgIpc) is 2.03. The normalized spacial score (nSPS) is 12.7. The van der Waals surface area contributed by atoms with E-state index in [4.69, 9.17) is 10.5 Å². The second kappa shape index (κ2) is 3.59. The molecule has 0 aliphatic carbocycles. The molecule has 1 rings (SSSR count). The van der Waals surface area contributed by atoms with Crippen LogP contribution in [0.5, 0.6) is 5.75 Å². The zero-order valence-electron chi connectivity index (χ0n) is 7.79. The predicted octanol–water partition coefficient (Wildman–Crippen LogP) is 2.02. The van der Waals surface area contributed by atoms with E-state index >= 15 is 0 Å². The van der Waals surface area contributed by atoms with Crippen molar-refractivity contribution in [1.29, 1.82) is 0 Å². The molecule has 0 heterocycles. The summed E-state index contributed by atoms with van der Waals surface area (Å²) in [7, 11) is 1.67. The molecular weight excluding hydrogens is 150 g/mol. The summed E-state index contributed by atoms with van der Waals surface area (Å²) < 4.78 is 5.26. The molecule has 0 aromatic heterocycles. The molecule has 0 unspecified atom stereocenters. The van der Waals surface area contributed by atoms with Crippen LogP contribution in [0.15, 0.2) is 18.2 Å². The molecule has 1 aromatic carbocycles. The van der Waals surface area contributed by atoms with Crippen molar-refractivity contribution in [2.24, 2.45) is 5.73 Å². The Morgan fingerprint density at radius 2 is 2.08 bits per heavy atom. The molecule has 66 valence electrons. The first-order chi connectivity index (χ1) is 5.66. The minimum Gasteiger partial charge on any atom is -0.496 e. The molecule has 0 saturated carbocycles. The van der Waals surface area contributed by atoms with Gasteiger partial charge in [0, 0.05) is 11.6 Å². The molecule has 2 nitrogen and oxygen atoms in total. The number of para-hydroxylation sites is 1. The smallest absolute Gasteiger partial charge is 0.126 e. The van der Waals surface area contributed by atoms with Gasteiger partial charge in [0.25, 0.3) is 0 Å². The van der Waals surface area contributed by atoms with Gasteiger partial charge in [0.15, 0.2) is 0 Å². The lowest BCUT2D eigenvalue weighted by atomic mass is 10.0. The summed E-state index contributed by atoms with van der Waals surface area (Å²) in [6.45, 7) is 3.97. The van der Waals surface area contributed by atoms with Crippen molar-refractivity contribution in [3.63, 3.8) is 0 Å². The Kier molecular flexibility index (Phi) is 2.71. The molecule has 1 aromatic rings. The van der Waals surface area contributed by atoms with Crippen molar-refractivity contribution in [2.45, 2.75) is 19.9 Å². The highest BCUT2D eigenvalue weighted by Crippen LogP contribution is 2.26. The number of methoxy groups -OCH3 is 1. The number of benzene rings is 1. The van der Waals surface area contributed by atoms with E-state index in [1.54, 1.807) is 7.11 Å². The van der Waals surface area contributed by atoms with Crippen LogP contribution in [0.2, 0.25) is 0 Å². The fraction of sp³-hybridized carbons (Fsp3) is 0.400. The first-order valence-electron chi connectivity index (χ1n) is 4.06. The van der Waals surface area contributed by atoms with Gasteiger partial charge >= 0.3 is 0 Å². The summed E-state index contributed by atoms with van der Waals surface area (Å²) in [5.74, 6) is 0.910. The Hall–Kier alpha value is -1.02. The van der Waals surface area contributed by atoms with Crippen LogP contribution in [-0.2, 0) is 0 Å². The number of ether oxygens (including phenoxy) is 1. The molecule has 2 N–H and O–H groups in total. The van der Waals surface area contributed by atoms with E-state index in [-0.39, 0.29) is 6.04 Å². The van der Waals surface area contributed by atoms with Gasteiger partial charge in [-0.3, -0.25) is 0 Å². The van der Waals surface area contributed by atoms with Gasteiger partial charge < -0.3 is 10.5 Å². The van der Waals surface area contributed by atoms with Crippen LogP contribution in [0.25, 0.3) is 0 Å². The largest absolute Gasteiger partial charge is 0.496 e. The molecule has 2 heteroatoms. The maximum absolute atomic E-state index is 5.78. The van der Waals surface area contributed by atoms with E-state index < -0.39 is 0 Å². The first-order valence-corrected chi connectivity index (χ1v) is 4.06. The third kappa shape index (κ3) is 1.59. The predicted molar refractivity (Wildman–Crippen MR) is 50.3 cm³/mol. The molecule has 0 bridgehead atoms. The van der Waals surface area contributed by atoms with E-state index in [2.05, 4.69) is 0 Å². The van der Waals surface area contributed by atoms with Crippen molar-refractivity contribution in [1.82, 2.24) is 0 Å². The van der Waals surface area contributed by atoms with Gasteiger partial charge in [0.1, 0.15) is 5.75 Å². The van der Waals surface area contributed by atoms with Gasteiger partial charge in [0.05, 0.1) is 7.11 Å². The summed E-state index contributed by atoms with van der Waals surface area (Å²) in [6.07, 6.45) is 0. The SMILES string of the molecule is COc1c(C)cccc1[C@H](C)N. The lowest BCUT2D eigenvalue weighted by molar-refractivity contribution is 0.404. The Morgan fingerprint density at radius 1 is 1.42 bits per heavy atom. The number of rotatable bonds is 2. The molecule has 1 atom stereocenters. The summed E-state index contributed by atoms with van der Waals surface area (Å²) in [4.78, 5) is 0. The summed E-state index contributed by atoms with van der Waals surface area (Å²) in [5, 5.41) is 0. The Bertz CT molecular complexity index is 269. The molecule has 0 spiro atoms. The van der Waals surface area contributed by atoms with Crippen LogP contribution in [-0.4, -0.2) is 7.11 Å². The number of aryl methyl sites for hydroxylation is 1. The van der Waals surface area contributed by atoms with Gasteiger partial charge in [-0.1, -0.05) is 18.2 Å². The lowest BCUT2D eigenvalue weighted by Gasteiger charge is -2.13. The summed E-state index contributed by atoms with van der Waals surface area (Å²) >= 11 is 0. The highest BCUT2D eigenvalue weighted by Gasteiger charge is 2.08. The van der Waals surface area contributed by atoms with Crippen molar-refractivity contribution >= 4 is 0 Å². The van der Waals surface area contributed by atoms with E-state index in [1.807, 2.05) is 32.0 Å². The standard InChI is InChI=1S/C10H15NO/c1-7-5-4-6-9(8(2)11)10(7)12-3/h4-6,8H,11H2,1-3H3/t8-/m0/s1. The van der Waals surface area contributed by atoms with Gasteiger partial charge in [-0.25, -0.2) is 0 Å². The van der Waals surface area contributed by atoms with E-state index in [0.29, 0.717) is 0 Å². The van der Waals surface area contributed by atoms with E-state index in [0.717, 1.165) is 16.9 Å². The van der Waals surface area contributed by atoms with Gasteiger partial charge in [0.2, 0.25) is 0 Å². The topological polar surface area (TPSA) is 35.2 Å². The fourth-order valence-corrected chi connectivity index (χ4v) is 1.31. The molecule has 0 fully saturated rings. The van der Waals surface area contributed by atoms with E-state index in [1.165, 1.54) is 0 Å². The second-order valence-corrected chi connectivity index (χ2v) is 2.99. The molecular formula is C10H15NO. The summed E-state index contributed by atoms with van der Waals surface area (Å²) in [6, 6.07) is 6.04. The molecule has 0 radical (unpaired) electrons. The quantitative estimate of drug-likeness (QED) is 0.727. The van der Waals surface area contributed by atoms with Crippen LogP contribution in [0.1, 0.15) is 24.1 Å².